The van der Waals surface area contributed by atoms with Crippen molar-refractivity contribution >= 4 is 56.5 Å². The number of amides is 1. The number of carbonyl (C=O) groups is 2. The van der Waals surface area contributed by atoms with Crippen LogP contribution in [-0.4, -0.2) is 40.1 Å². The number of hydrogen-bond donors (Lipinski definition) is 1. The molecule has 0 fully saturated rings. The number of sulfonamides is 1. The zero-order chi connectivity index (χ0) is 26.3. The van der Waals surface area contributed by atoms with Crippen LogP contribution >= 0.6 is 23.2 Å². The minimum Gasteiger partial charge on any atom is -0.492 e. The largest absolute Gasteiger partial charge is 0.492 e. The van der Waals surface area contributed by atoms with E-state index in [1.165, 1.54) is 42.5 Å². The molecule has 0 aliphatic rings. The SMILES string of the molecule is CCOC(=O)c1ccc(NC(=O)CN(c2ccccc2OCC)S(=O)(=O)c2ccc(Cl)cc2)cc1Cl. The lowest BCUT2D eigenvalue weighted by Crippen LogP contribution is -2.38. The monoisotopic (exact) mass is 550 g/mol. The molecule has 0 saturated heterocycles. The van der Waals surface area contributed by atoms with Crippen molar-refractivity contribution in [2.24, 2.45) is 0 Å². The molecular formula is C25H24Cl2N2O6S. The number of carbonyl (C=O) groups excluding carboxylic acids is 2. The second-order valence-corrected chi connectivity index (χ2v) is 10.0. The molecule has 3 aromatic carbocycles. The van der Waals surface area contributed by atoms with Crippen LogP contribution in [0, 0.1) is 0 Å². The van der Waals surface area contributed by atoms with Gasteiger partial charge in [-0.15, -0.1) is 0 Å². The van der Waals surface area contributed by atoms with Gasteiger partial charge < -0.3 is 14.8 Å². The summed E-state index contributed by atoms with van der Waals surface area (Å²) in [5.74, 6) is -0.931. The minimum atomic E-state index is -4.18. The summed E-state index contributed by atoms with van der Waals surface area (Å²) in [5, 5.41) is 3.08. The average molecular weight is 551 g/mol. The highest BCUT2D eigenvalue weighted by atomic mass is 35.5. The minimum absolute atomic E-state index is 0.0483. The maximum absolute atomic E-state index is 13.6. The van der Waals surface area contributed by atoms with Gasteiger partial charge in [-0.05, 0) is 68.4 Å². The van der Waals surface area contributed by atoms with Crippen LogP contribution in [0.1, 0.15) is 24.2 Å². The molecule has 1 N–H and O–H groups in total. The first-order valence-corrected chi connectivity index (χ1v) is 13.1. The zero-order valence-electron chi connectivity index (χ0n) is 19.5. The molecule has 11 heteroatoms. The Balaban J connectivity index is 1.93. The van der Waals surface area contributed by atoms with Crippen molar-refractivity contribution in [1.29, 1.82) is 0 Å². The van der Waals surface area contributed by atoms with Crippen LogP contribution in [0.15, 0.2) is 71.6 Å². The molecule has 0 aromatic heterocycles. The lowest BCUT2D eigenvalue weighted by atomic mass is 10.2. The van der Waals surface area contributed by atoms with Crippen LogP contribution in [0.5, 0.6) is 5.75 Å². The molecule has 0 atom stereocenters. The summed E-state index contributed by atoms with van der Waals surface area (Å²) in [6, 6.07) is 16.4. The summed E-state index contributed by atoms with van der Waals surface area (Å²) in [6.45, 7) is 3.36. The van der Waals surface area contributed by atoms with E-state index >= 15 is 0 Å². The molecule has 0 aliphatic heterocycles. The van der Waals surface area contributed by atoms with E-state index in [1.807, 2.05) is 0 Å². The Labute approximate surface area is 219 Å². The molecule has 0 saturated carbocycles. The predicted octanol–water partition coefficient (Wildman–Crippen LogP) is 5.40. The van der Waals surface area contributed by atoms with Gasteiger partial charge >= 0.3 is 5.97 Å². The predicted molar refractivity (Wildman–Crippen MR) is 140 cm³/mol. The summed E-state index contributed by atoms with van der Waals surface area (Å²) >= 11 is 12.1. The molecule has 190 valence electrons. The highest BCUT2D eigenvalue weighted by molar-refractivity contribution is 7.92. The summed E-state index contributed by atoms with van der Waals surface area (Å²) in [5.41, 5.74) is 0.620. The number of anilines is 2. The van der Waals surface area contributed by atoms with Gasteiger partial charge in [-0.2, -0.15) is 0 Å². The number of rotatable bonds is 10. The molecule has 0 bridgehead atoms. The second kappa shape index (κ2) is 12.1. The number of ether oxygens (including phenoxy) is 2. The highest BCUT2D eigenvalue weighted by Gasteiger charge is 2.29. The van der Waals surface area contributed by atoms with Crippen molar-refractivity contribution in [3.63, 3.8) is 0 Å². The van der Waals surface area contributed by atoms with Crippen molar-refractivity contribution < 1.29 is 27.5 Å². The van der Waals surface area contributed by atoms with E-state index in [0.717, 1.165) is 4.31 Å². The van der Waals surface area contributed by atoms with Crippen LogP contribution in [0.3, 0.4) is 0 Å². The molecule has 3 rings (SSSR count). The standard InChI is InChI=1S/C25H24Cl2N2O6S/c1-3-34-23-8-6-5-7-22(23)29(36(32,33)19-12-9-17(26)10-13-19)16-24(30)28-18-11-14-20(21(27)15-18)25(31)35-4-2/h5-15H,3-4,16H2,1-2H3,(H,28,30). The number of hydrogen-bond acceptors (Lipinski definition) is 6. The topological polar surface area (TPSA) is 102 Å². The molecule has 1 amide bonds. The van der Waals surface area contributed by atoms with Crippen molar-refractivity contribution in [3.05, 3.63) is 82.3 Å². The molecule has 0 heterocycles. The number of halogens is 2. The first-order valence-electron chi connectivity index (χ1n) is 10.9. The van der Waals surface area contributed by atoms with Crippen LogP contribution in [-0.2, 0) is 19.6 Å². The first kappa shape index (κ1) is 27.3. The Bertz CT molecular complexity index is 1350. The van der Waals surface area contributed by atoms with Crippen molar-refractivity contribution in [2.45, 2.75) is 18.7 Å². The van der Waals surface area contributed by atoms with E-state index in [4.69, 9.17) is 32.7 Å². The third-order valence-corrected chi connectivity index (χ3v) is 7.21. The van der Waals surface area contributed by atoms with Crippen molar-refractivity contribution in [1.82, 2.24) is 0 Å². The van der Waals surface area contributed by atoms with E-state index in [2.05, 4.69) is 5.32 Å². The fourth-order valence-corrected chi connectivity index (χ4v) is 5.09. The van der Waals surface area contributed by atoms with Gasteiger partial charge in [0, 0.05) is 10.7 Å². The summed E-state index contributed by atoms with van der Waals surface area (Å²) in [4.78, 5) is 24.9. The first-order chi connectivity index (χ1) is 17.2. The van der Waals surface area contributed by atoms with Crippen molar-refractivity contribution in [3.8, 4) is 5.75 Å². The van der Waals surface area contributed by atoms with Crippen LogP contribution in [0.2, 0.25) is 10.0 Å². The lowest BCUT2D eigenvalue weighted by Gasteiger charge is -2.26. The van der Waals surface area contributed by atoms with E-state index < -0.39 is 28.4 Å². The van der Waals surface area contributed by atoms with Gasteiger partial charge in [0.1, 0.15) is 12.3 Å². The number of benzene rings is 3. The van der Waals surface area contributed by atoms with Gasteiger partial charge in [-0.1, -0.05) is 35.3 Å². The van der Waals surface area contributed by atoms with Gasteiger partial charge in [0.25, 0.3) is 10.0 Å². The Morgan fingerprint density at radius 2 is 1.64 bits per heavy atom. The highest BCUT2D eigenvalue weighted by Crippen LogP contribution is 2.33. The van der Waals surface area contributed by atoms with Gasteiger partial charge in [-0.3, -0.25) is 9.10 Å². The molecular weight excluding hydrogens is 527 g/mol. The third-order valence-electron chi connectivity index (χ3n) is 4.87. The maximum Gasteiger partial charge on any atom is 0.339 e. The Morgan fingerprint density at radius 1 is 0.944 bits per heavy atom. The van der Waals surface area contributed by atoms with Crippen molar-refractivity contribution in [2.75, 3.05) is 29.4 Å². The van der Waals surface area contributed by atoms with Gasteiger partial charge in [-0.25, -0.2) is 13.2 Å². The van der Waals surface area contributed by atoms with Crippen LogP contribution in [0.4, 0.5) is 11.4 Å². The number of nitrogens with zero attached hydrogens (tertiary/aromatic N) is 1. The fourth-order valence-electron chi connectivity index (χ4n) is 3.27. The second-order valence-electron chi connectivity index (χ2n) is 7.33. The number of para-hydroxylation sites is 2. The molecule has 8 nitrogen and oxygen atoms in total. The summed E-state index contributed by atoms with van der Waals surface area (Å²) < 4.78 is 38.7. The molecule has 0 unspecified atom stereocenters. The molecule has 0 radical (unpaired) electrons. The van der Waals surface area contributed by atoms with Gasteiger partial charge in [0.15, 0.2) is 0 Å². The van der Waals surface area contributed by atoms with E-state index in [-0.39, 0.29) is 33.5 Å². The van der Waals surface area contributed by atoms with E-state index in [9.17, 15) is 18.0 Å². The quantitative estimate of drug-likeness (QED) is 0.339. The van der Waals surface area contributed by atoms with E-state index in [0.29, 0.717) is 17.4 Å². The number of esters is 1. The Kier molecular flexibility index (Phi) is 9.19. The number of nitrogens with one attached hydrogen (secondary N) is 1. The molecule has 0 spiro atoms. The fraction of sp³-hybridized carbons (Fsp3) is 0.200. The lowest BCUT2D eigenvalue weighted by molar-refractivity contribution is -0.114. The van der Waals surface area contributed by atoms with Gasteiger partial charge in [0.2, 0.25) is 5.91 Å². The van der Waals surface area contributed by atoms with Crippen LogP contribution in [0.25, 0.3) is 0 Å². The Hall–Kier alpha value is -3.27. The Morgan fingerprint density at radius 3 is 2.28 bits per heavy atom. The third kappa shape index (κ3) is 6.48. The average Bonchev–Trinajstić information content (AvgIpc) is 2.83. The van der Waals surface area contributed by atoms with Crippen LogP contribution < -0.4 is 14.4 Å². The van der Waals surface area contributed by atoms with E-state index in [1.54, 1.807) is 38.1 Å². The molecule has 36 heavy (non-hydrogen) atoms. The van der Waals surface area contributed by atoms with Gasteiger partial charge in [0.05, 0.1) is 34.4 Å². The molecule has 3 aromatic rings. The zero-order valence-corrected chi connectivity index (χ0v) is 21.9. The smallest absolute Gasteiger partial charge is 0.339 e. The molecule has 0 aliphatic carbocycles. The summed E-state index contributed by atoms with van der Waals surface area (Å²) in [7, 11) is -4.18. The maximum atomic E-state index is 13.6. The normalized spacial score (nSPS) is 11.0. The summed E-state index contributed by atoms with van der Waals surface area (Å²) in [6.07, 6.45) is 0.